The van der Waals surface area contributed by atoms with Crippen molar-refractivity contribution in [2.45, 2.75) is 44.8 Å². The molecule has 1 fully saturated rings. The maximum absolute atomic E-state index is 13.0. The number of aliphatic hydroxyl groups is 1. The maximum atomic E-state index is 13.0. The van der Waals surface area contributed by atoms with Gasteiger partial charge in [-0.2, -0.15) is 0 Å². The molecule has 0 saturated heterocycles. The Hall–Kier alpha value is -2.81. The van der Waals surface area contributed by atoms with Crippen LogP contribution in [-0.2, 0) is 6.54 Å². The molecule has 144 valence electrons. The number of carbonyl (C=O) groups is 1. The molecule has 1 aliphatic heterocycles. The van der Waals surface area contributed by atoms with Crippen LogP contribution >= 0.6 is 0 Å². The van der Waals surface area contributed by atoms with Gasteiger partial charge in [-0.1, -0.05) is 6.92 Å². The van der Waals surface area contributed by atoms with Crippen molar-refractivity contribution in [3.05, 3.63) is 40.3 Å². The molecule has 1 amide bonds. The molecule has 4 N–H and O–H groups in total. The van der Waals surface area contributed by atoms with E-state index in [-0.39, 0.29) is 42.5 Å². The normalized spacial score (nSPS) is 21.6. The molecule has 0 spiro atoms. The second-order valence-corrected chi connectivity index (χ2v) is 6.95. The van der Waals surface area contributed by atoms with Crippen molar-refractivity contribution in [1.82, 2.24) is 14.5 Å². The van der Waals surface area contributed by atoms with Crippen LogP contribution in [0.25, 0.3) is 0 Å². The fourth-order valence-electron chi connectivity index (χ4n) is 3.76. The molecular weight excluding hydrogens is 350 g/mol. The number of aliphatic imine (C=N–C) groups is 1. The van der Waals surface area contributed by atoms with Crippen LogP contribution in [-0.4, -0.2) is 32.6 Å². The fourth-order valence-corrected chi connectivity index (χ4v) is 3.76. The number of nitrogens with one attached hydrogen (secondary N) is 1. The predicted molar refractivity (Wildman–Crippen MR) is 98.0 cm³/mol. The predicted octanol–water partition coefficient (Wildman–Crippen LogP) is 1.07. The topological polar surface area (TPSA) is 128 Å². The van der Waals surface area contributed by atoms with E-state index in [1.54, 1.807) is 16.7 Å². The zero-order chi connectivity index (χ0) is 19.1. The van der Waals surface area contributed by atoms with E-state index in [0.717, 1.165) is 12.8 Å². The number of furan rings is 1. The minimum atomic E-state index is -0.492. The molecule has 1 aliphatic carbocycles. The summed E-state index contributed by atoms with van der Waals surface area (Å²) in [4.78, 5) is 30.1. The Bertz CT molecular complexity index is 936. The molecule has 3 heterocycles. The van der Waals surface area contributed by atoms with Crippen molar-refractivity contribution in [2.24, 2.45) is 16.6 Å². The van der Waals surface area contributed by atoms with Gasteiger partial charge in [0.15, 0.2) is 11.6 Å². The summed E-state index contributed by atoms with van der Waals surface area (Å²) in [7, 11) is 0. The van der Waals surface area contributed by atoms with Gasteiger partial charge in [0.2, 0.25) is 0 Å². The van der Waals surface area contributed by atoms with Crippen LogP contribution in [0.5, 0.6) is 0 Å². The molecular formula is C18H23N5O4. The smallest absolute Gasteiger partial charge is 0.330 e. The monoisotopic (exact) mass is 373 g/mol. The number of nitrogens with two attached hydrogens (primary N) is 1. The lowest BCUT2D eigenvalue weighted by atomic mass is 9.90. The zero-order valence-electron chi connectivity index (χ0n) is 15.1. The second-order valence-electron chi connectivity index (χ2n) is 6.95. The van der Waals surface area contributed by atoms with E-state index in [1.807, 2.05) is 6.92 Å². The summed E-state index contributed by atoms with van der Waals surface area (Å²) in [5, 5.41) is 12.4. The van der Waals surface area contributed by atoms with E-state index < -0.39 is 6.04 Å². The number of amidine groups is 1. The van der Waals surface area contributed by atoms with E-state index in [9.17, 15) is 14.7 Å². The molecule has 1 saturated carbocycles. The van der Waals surface area contributed by atoms with Crippen molar-refractivity contribution in [3.8, 4) is 0 Å². The average Bonchev–Trinajstić information content (AvgIpc) is 3.24. The van der Waals surface area contributed by atoms with Crippen molar-refractivity contribution in [3.63, 3.8) is 0 Å². The van der Waals surface area contributed by atoms with Crippen molar-refractivity contribution < 1.29 is 14.3 Å². The number of amides is 1. The van der Waals surface area contributed by atoms with E-state index in [1.165, 1.54) is 10.8 Å². The third-order valence-corrected chi connectivity index (χ3v) is 5.20. The lowest BCUT2D eigenvalue weighted by Crippen LogP contribution is -2.42. The lowest BCUT2D eigenvalue weighted by Gasteiger charge is -2.31. The lowest BCUT2D eigenvalue weighted by molar-refractivity contribution is 0.0898. The number of imidazole rings is 1. The number of hydrogen-bond donors (Lipinski definition) is 3. The number of aromatic nitrogens is 2. The number of rotatable bonds is 6. The average molecular weight is 373 g/mol. The molecule has 9 heteroatoms. The highest BCUT2D eigenvalue weighted by atomic mass is 16.3. The Labute approximate surface area is 155 Å². The van der Waals surface area contributed by atoms with Crippen LogP contribution in [0.2, 0.25) is 0 Å². The summed E-state index contributed by atoms with van der Waals surface area (Å²) >= 11 is 0. The van der Waals surface area contributed by atoms with Gasteiger partial charge in [-0.05, 0) is 31.4 Å². The molecule has 2 atom stereocenters. The first-order chi connectivity index (χ1) is 13.1. The SMILES string of the molecule is CCC1C(N)=Nc2c(n(C3CC3)c(=O)n2CCO)C1NC(=O)c1ccco1. The number of carbonyl (C=O) groups excluding carboxylic acids is 1. The quantitative estimate of drug-likeness (QED) is 0.698. The third-order valence-electron chi connectivity index (χ3n) is 5.20. The highest BCUT2D eigenvalue weighted by Crippen LogP contribution is 2.43. The zero-order valence-corrected chi connectivity index (χ0v) is 15.1. The van der Waals surface area contributed by atoms with Crippen LogP contribution in [0.3, 0.4) is 0 Å². The first-order valence-corrected chi connectivity index (χ1v) is 9.21. The molecule has 0 bridgehead atoms. The largest absolute Gasteiger partial charge is 0.459 e. The van der Waals surface area contributed by atoms with Crippen LogP contribution in [0.15, 0.2) is 32.6 Å². The Morgan fingerprint density at radius 3 is 2.85 bits per heavy atom. The third kappa shape index (κ3) is 2.87. The van der Waals surface area contributed by atoms with E-state index >= 15 is 0 Å². The molecule has 2 aliphatic rings. The minimum absolute atomic E-state index is 0.0984. The summed E-state index contributed by atoms with van der Waals surface area (Å²) in [5.41, 5.74) is 6.64. The van der Waals surface area contributed by atoms with Gasteiger partial charge >= 0.3 is 5.69 Å². The van der Waals surface area contributed by atoms with Crippen LogP contribution in [0.1, 0.15) is 54.5 Å². The molecule has 0 radical (unpaired) electrons. The van der Waals surface area contributed by atoms with E-state index in [4.69, 9.17) is 10.2 Å². The highest BCUT2D eigenvalue weighted by Gasteiger charge is 2.41. The van der Waals surface area contributed by atoms with E-state index in [0.29, 0.717) is 23.8 Å². The number of nitrogens with zero attached hydrogens (tertiary/aromatic N) is 3. The number of aliphatic hydroxyl groups excluding tert-OH is 1. The Morgan fingerprint density at radius 2 is 2.26 bits per heavy atom. The summed E-state index contributed by atoms with van der Waals surface area (Å²) in [6, 6.07) is 2.84. The van der Waals surface area contributed by atoms with Crippen molar-refractivity contribution in [2.75, 3.05) is 6.61 Å². The van der Waals surface area contributed by atoms with Gasteiger partial charge in [-0.25, -0.2) is 9.79 Å². The van der Waals surface area contributed by atoms with Gasteiger partial charge in [-0.15, -0.1) is 0 Å². The van der Waals surface area contributed by atoms with Gasteiger partial charge < -0.3 is 20.6 Å². The fraction of sp³-hybridized carbons (Fsp3) is 0.500. The summed E-state index contributed by atoms with van der Waals surface area (Å²) in [6.45, 7) is 1.92. The standard InChI is InChI=1S/C18H23N5O4/c1-2-11-13(20-17(25)12-4-3-9-27-12)14-16(21-15(11)19)22(7-8-24)18(26)23(14)10-5-6-10/h3-4,9-11,13,24H,2,5-8H2,1H3,(H2,19,21)(H,20,25). The van der Waals surface area contributed by atoms with Crippen LogP contribution < -0.4 is 16.7 Å². The van der Waals surface area contributed by atoms with Gasteiger partial charge in [-0.3, -0.25) is 13.9 Å². The molecule has 9 nitrogen and oxygen atoms in total. The summed E-state index contributed by atoms with van der Waals surface area (Å²) < 4.78 is 8.36. The van der Waals surface area contributed by atoms with Gasteiger partial charge in [0.1, 0.15) is 5.84 Å². The second kappa shape index (κ2) is 6.73. The molecule has 2 unspecified atom stereocenters. The molecule has 27 heavy (non-hydrogen) atoms. The Balaban J connectivity index is 1.84. The maximum Gasteiger partial charge on any atom is 0.330 e. The molecule has 0 aromatic carbocycles. The van der Waals surface area contributed by atoms with Crippen molar-refractivity contribution >= 4 is 17.6 Å². The summed E-state index contributed by atoms with van der Waals surface area (Å²) in [5.74, 6) is 0.393. The minimum Gasteiger partial charge on any atom is -0.459 e. The van der Waals surface area contributed by atoms with Gasteiger partial charge in [0, 0.05) is 12.0 Å². The number of hydrogen-bond acceptors (Lipinski definition) is 6. The van der Waals surface area contributed by atoms with Crippen molar-refractivity contribution in [1.29, 1.82) is 0 Å². The first kappa shape index (κ1) is 17.6. The number of fused-ring (bicyclic) bond motifs is 1. The molecule has 2 aromatic rings. The van der Waals surface area contributed by atoms with Crippen LogP contribution in [0.4, 0.5) is 5.82 Å². The Morgan fingerprint density at radius 1 is 1.48 bits per heavy atom. The molecule has 2 aromatic heterocycles. The van der Waals surface area contributed by atoms with E-state index in [2.05, 4.69) is 10.3 Å². The highest BCUT2D eigenvalue weighted by molar-refractivity contribution is 5.94. The van der Waals surface area contributed by atoms with Gasteiger partial charge in [0.05, 0.1) is 31.2 Å². The Kier molecular flexibility index (Phi) is 4.39. The molecule has 4 rings (SSSR count). The van der Waals surface area contributed by atoms with Gasteiger partial charge in [0.25, 0.3) is 5.91 Å². The first-order valence-electron chi connectivity index (χ1n) is 9.21. The summed E-state index contributed by atoms with van der Waals surface area (Å²) in [6.07, 6.45) is 3.91. The van der Waals surface area contributed by atoms with Crippen LogP contribution in [0, 0.1) is 5.92 Å².